The van der Waals surface area contributed by atoms with Crippen LogP contribution in [0.5, 0.6) is 0 Å². The van der Waals surface area contributed by atoms with Gasteiger partial charge in [0.25, 0.3) is 0 Å². The minimum Gasteiger partial charge on any atom is -0.365 e. The fraction of sp³-hybridized carbons (Fsp3) is 0.541. The minimum absolute atomic E-state index is 0.0369. The maximum absolute atomic E-state index is 9.66. The number of nitrogens with zero attached hydrogens (tertiary/aromatic N) is 2. The molecule has 2 nitrogen and oxygen atoms in total. The molecular weight excluding hydrogens is 472 g/mol. The summed E-state index contributed by atoms with van der Waals surface area (Å²) in [4.78, 5) is 2.91. The van der Waals surface area contributed by atoms with E-state index in [0.717, 1.165) is 30.2 Å². The third-order valence-electron chi connectivity index (χ3n) is 12.3. The zero-order valence-electron chi connectivity index (χ0n) is 23.2. The molecule has 0 radical (unpaired) electrons. The molecule has 4 fully saturated rings. The maximum Gasteiger partial charge on any atom is 0.0700 e. The first-order valence-electron chi connectivity index (χ1n) is 16.0. The van der Waals surface area contributed by atoms with Gasteiger partial charge in [0.2, 0.25) is 0 Å². The van der Waals surface area contributed by atoms with E-state index < -0.39 is 0 Å². The van der Waals surface area contributed by atoms with Gasteiger partial charge in [0.05, 0.1) is 12.0 Å². The molecule has 9 atom stereocenters. The third-order valence-corrected chi connectivity index (χ3v) is 12.3. The van der Waals surface area contributed by atoms with E-state index in [1.54, 1.807) is 16.7 Å². The van der Waals surface area contributed by atoms with Crippen molar-refractivity contribution in [3.8, 4) is 6.07 Å². The Bertz CT molecular complexity index is 1330. The van der Waals surface area contributed by atoms with Crippen molar-refractivity contribution in [3.05, 3.63) is 89.5 Å². The molecule has 0 aromatic heterocycles. The lowest BCUT2D eigenvalue weighted by Crippen LogP contribution is -2.47. The molecule has 2 aromatic rings. The molecule has 1 heterocycles. The highest BCUT2D eigenvalue weighted by molar-refractivity contribution is 5.56. The first kappa shape index (κ1) is 24.0. The zero-order chi connectivity index (χ0) is 26.0. The van der Waals surface area contributed by atoms with Crippen molar-refractivity contribution < 1.29 is 0 Å². The van der Waals surface area contributed by atoms with E-state index in [9.17, 15) is 5.26 Å². The van der Waals surface area contributed by atoms with Gasteiger partial charge in [0.15, 0.2) is 0 Å². The molecule has 6 aliphatic rings. The van der Waals surface area contributed by atoms with E-state index in [-0.39, 0.29) is 11.3 Å². The van der Waals surface area contributed by atoms with E-state index in [1.807, 2.05) is 0 Å². The number of hydrogen-bond donors (Lipinski definition) is 0. The van der Waals surface area contributed by atoms with Gasteiger partial charge >= 0.3 is 0 Å². The van der Waals surface area contributed by atoms with Crippen molar-refractivity contribution >= 4 is 5.69 Å². The van der Waals surface area contributed by atoms with Crippen LogP contribution in [-0.4, -0.2) is 12.1 Å². The van der Waals surface area contributed by atoms with Gasteiger partial charge in [-0.2, -0.15) is 5.26 Å². The molecule has 0 spiro atoms. The summed E-state index contributed by atoms with van der Waals surface area (Å²) in [5.74, 6) is 3.82. The van der Waals surface area contributed by atoms with Crippen molar-refractivity contribution in [2.24, 2.45) is 29.6 Å². The Morgan fingerprint density at radius 1 is 0.795 bits per heavy atom. The van der Waals surface area contributed by atoms with Crippen LogP contribution >= 0.6 is 0 Å². The van der Waals surface area contributed by atoms with E-state index in [0.29, 0.717) is 17.9 Å². The number of fused-ring (bicyclic) bond motifs is 6. The molecular formula is C37H42N2. The molecule has 0 bridgehead atoms. The van der Waals surface area contributed by atoms with Gasteiger partial charge in [0.1, 0.15) is 0 Å². The van der Waals surface area contributed by atoms with E-state index in [2.05, 4.69) is 83.8 Å². The van der Waals surface area contributed by atoms with Crippen molar-refractivity contribution in [3.63, 3.8) is 0 Å². The molecule has 1 saturated heterocycles. The fourth-order valence-electron chi connectivity index (χ4n) is 11.0. The summed E-state index contributed by atoms with van der Waals surface area (Å²) in [5, 5.41) is 9.66. The minimum atomic E-state index is 0.0369. The second-order valence-electron chi connectivity index (χ2n) is 13.6. The van der Waals surface area contributed by atoms with Crippen LogP contribution in [0, 0.1) is 40.9 Å². The second-order valence-corrected chi connectivity index (χ2v) is 13.6. The number of anilines is 1. The van der Waals surface area contributed by atoms with Gasteiger partial charge < -0.3 is 4.90 Å². The normalized spacial score (nSPS) is 40.3. The standard InChI is InChI=1S/C37H42N2/c38-24-25-17-19-26(20-18-25)37(33-14-6-4-11-29(33)30-13-8-15-34(30)37)27-21-22-36-32(23-27)31-12-5-7-16-35(31)39(36)28-9-2-1-3-10-28/h1-4,6,9-11,14,17,19-20,25,27,30-32,34-36H,5,7-8,12-13,15-16,18,21-23H2. The number of hydrogen-bond acceptors (Lipinski definition) is 2. The predicted molar refractivity (Wildman–Crippen MR) is 158 cm³/mol. The molecule has 2 aromatic carbocycles. The van der Waals surface area contributed by atoms with Crippen LogP contribution in [0.15, 0.2) is 78.4 Å². The summed E-state index contributed by atoms with van der Waals surface area (Å²) in [6.45, 7) is 0. The molecule has 0 amide bonds. The Balaban J connectivity index is 1.22. The SMILES string of the molecule is N#CC1C=CC(C2(C3CCC4C(C3)C3CCCCC3N4c3ccccc3)c3ccccc3C3CCCC32)=CC1. The highest BCUT2D eigenvalue weighted by Crippen LogP contribution is 2.67. The van der Waals surface area contributed by atoms with E-state index in [4.69, 9.17) is 0 Å². The average molecular weight is 515 g/mol. The van der Waals surface area contributed by atoms with Crippen LogP contribution in [-0.2, 0) is 5.41 Å². The van der Waals surface area contributed by atoms with Gasteiger partial charge in [-0.05, 0) is 110 Å². The van der Waals surface area contributed by atoms with Gasteiger partial charge in [-0.15, -0.1) is 0 Å². The molecule has 0 N–H and O–H groups in total. The smallest absolute Gasteiger partial charge is 0.0700 e. The van der Waals surface area contributed by atoms with Crippen LogP contribution < -0.4 is 4.90 Å². The summed E-state index contributed by atoms with van der Waals surface area (Å²) in [6.07, 6.45) is 21.8. The fourth-order valence-corrected chi connectivity index (χ4v) is 11.0. The highest BCUT2D eigenvalue weighted by atomic mass is 15.2. The molecule has 1 aliphatic heterocycles. The lowest BCUT2D eigenvalue weighted by molar-refractivity contribution is 0.113. The monoisotopic (exact) mass is 514 g/mol. The molecule has 2 heteroatoms. The number of allylic oxidation sites excluding steroid dienone is 4. The summed E-state index contributed by atoms with van der Waals surface area (Å²) < 4.78 is 0. The van der Waals surface area contributed by atoms with Gasteiger partial charge in [0, 0.05) is 23.2 Å². The quantitative estimate of drug-likeness (QED) is 0.409. The first-order valence-corrected chi connectivity index (χ1v) is 16.0. The topological polar surface area (TPSA) is 27.0 Å². The van der Waals surface area contributed by atoms with Crippen molar-refractivity contribution in [1.82, 2.24) is 0 Å². The Morgan fingerprint density at radius 3 is 2.46 bits per heavy atom. The zero-order valence-corrected chi connectivity index (χ0v) is 23.2. The molecule has 8 rings (SSSR count). The van der Waals surface area contributed by atoms with Crippen molar-refractivity contribution in [1.29, 1.82) is 5.26 Å². The second kappa shape index (κ2) is 9.40. The Hall–Kier alpha value is -2.79. The van der Waals surface area contributed by atoms with Crippen LogP contribution in [0.2, 0.25) is 0 Å². The number of nitriles is 1. The lowest BCUT2D eigenvalue weighted by atomic mass is 9.54. The molecule has 3 saturated carbocycles. The average Bonchev–Trinajstić information content (AvgIpc) is 3.69. The van der Waals surface area contributed by atoms with Crippen LogP contribution in [0.3, 0.4) is 0 Å². The molecule has 200 valence electrons. The lowest BCUT2D eigenvalue weighted by Gasteiger charge is -2.50. The largest absolute Gasteiger partial charge is 0.365 e. The van der Waals surface area contributed by atoms with E-state index in [1.165, 1.54) is 69.9 Å². The Kier molecular flexibility index (Phi) is 5.79. The number of rotatable bonds is 3. The molecule has 5 aliphatic carbocycles. The van der Waals surface area contributed by atoms with Gasteiger partial charge in [-0.1, -0.05) is 80.0 Å². The predicted octanol–water partition coefficient (Wildman–Crippen LogP) is 8.71. The molecule has 39 heavy (non-hydrogen) atoms. The van der Waals surface area contributed by atoms with Crippen LogP contribution in [0.25, 0.3) is 0 Å². The molecule has 9 unspecified atom stereocenters. The van der Waals surface area contributed by atoms with Crippen molar-refractivity contribution in [2.75, 3.05) is 4.90 Å². The number of para-hydroxylation sites is 1. The summed E-state index contributed by atoms with van der Waals surface area (Å²) in [6, 6.07) is 24.9. The summed E-state index contributed by atoms with van der Waals surface area (Å²) in [5.41, 5.74) is 6.48. The Morgan fingerprint density at radius 2 is 1.62 bits per heavy atom. The summed E-state index contributed by atoms with van der Waals surface area (Å²) in [7, 11) is 0. The maximum atomic E-state index is 9.66. The first-order chi connectivity index (χ1) is 19.3. The van der Waals surface area contributed by atoms with Crippen LogP contribution in [0.1, 0.15) is 87.7 Å². The number of benzene rings is 2. The van der Waals surface area contributed by atoms with E-state index >= 15 is 0 Å². The van der Waals surface area contributed by atoms with Crippen LogP contribution in [0.4, 0.5) is 5.69 Å². The van der Waals surface area contributed by atoms with Gasteiger partial charge in [-0.3, -0.25) is 0 Å². The highest BCUT2D eigenvalue weighted by Gasteiger charge is 2.61. The summed E-state index contributed by atoms with van der Waals surface area (Å²) >= 11 is 0. The van der Waals surface area contributed by atoms with Crippen molar-refractivity contribution in [2.45, 2.75) is 94.0 Å². The van der Waals surface area contributed by atoms with Gasteiger partial charge in [-0.25, -0.2) is 0 Å². The third kappa shape index (κ3) is 3.44. The Labute approximate surface area is 234 Å².